The summed E-state index contributed by atoms with van der Waals surface area (Å²) in [7, 11) is 5.11. The summed E-state index contributed by atoms with van der Waals surface area (Å²) in [6.07, 6.45) is 3.85. The summed E-state index contributed by atoms with van der Waals surface area (Å²) in [6.45, 7) is 2.06. The molecule has 1 unspecified atom stereocenters. The van der Waals surface area contributed by atoms with E-state index in [-0.39, 0.29) is 42.5 Å². The number of guanidine groups is 1. The van der Waals surface area contributed by atoms with Gasteiger partial charge in [0, 0.05) is 46.0 Å². The molecule has 0 aromatic carbocycles. The Kier molecular flexibility index (Phi) is 11.0. The maximum atomic E-state index is 11.8. The Labute approximate surface area is 182 Å². The molecule has 1 atom stereocenters. The predicted octanol–water partition coefficient (Wildman–Crippen LogP) is 0.344. The number of carbonyl (C=O) groups is 1. The molecule has 0 radical (unpaired) electrons. The van der Waals surface area contributed by atoms with Crippen molar-refractivity contribution in [2.45, 2.75) is 32.0 Å². The van der Waals surface area contributed by atoms with Gasteiger partial charge in [0.2, 0.25) is 5.91 Å². The fourth-order valence-corrected chi connectivity index (χ4v) is 2.88. The number of methoxy groups -OCH3 is 1. The van der Waals surface area contributed by atoms with Crippen LogP contribution < -0.4 is 10.6 Å². The minimum atomic E-state index is -0.0256. The zero-order chi connectivity index (χ0) is 18.9. The number of likely N-dealkylation sites (N-methyl/N-ethyl adjacent to an activating group) is 1. The Balaban J connectivity index is 0.00000364. The standard InChI is InChI=1S/C16H29N7O2S.HI/c1-22(2)15(24)9-18-16(17-7-8-26-4)19-12-5-6-14-20-13(11-25-3)21-23(14)10-12;/h12H,5-11H2,1-4H3,(H2,17,18,19);1H. The van der Waals surface area contributed by atoms with Gasteiger partial charge < -0.3 is 20.3 Å². The van der Waals surface area contributed by atoms with Gasteiger partial charge in [0.15, 0.2) is 11.8 Å². The van der Waals surface area contributed by atoms with Crippen LogP contribution in [0.5, 0.6) is 0 Å². The van der Waals surface area contributed by atoms with Crippen LogP contribution in [0.25, 0.3) is 0 Å². The summed E-state index contributed by atoms with van der Waals surface area (Å²) in [5, 5.41) is 11.2. The average molecular weight is 511 g/mol. The second-order valence-electron chi connectivity index (χ2n) is 6.31. The van der Waals surface area contributed by atoms with Gasteiger partial charge in [-0.1, -0.05) is 0 Å². The van der Waals surface area contributed by atoms with Crippen molar-refractivity contribution in [2.75, 3.05) is 46.3 Å². The Hall–Kier alpha value is -1.08. The number of hydrogen-bond acceptors (Lipinski definition) is 6. The Bertz CT molecular complexity index is 624. The second kappa shape index (κ2) is 12.4. The molecular formula is C16H30IN7O2S. The van der Waals surface area contributed by atoms with Gasteiger partial charge in [-0.2, -0.15) is 16.9 Å². The number of nitrogens with zero attached hydrogens (tertiary/aromatic N) is 5. The van der Waals surface area contributed by atoms with E-state index in [1.54, 1.807) is 37.9 Å². The molecule has 154 valence electrons. The topological polar surface area (TPSA) is 96.7 Å². The van der Waals surface area contributed by atoms with Crippen molar-refractivity contribution in [1.29, 1.82) is 0 Å². The smallest absolute Gasteiger partial charge is 0.243 e. The highest BCUT2D eigenvalue weighted by Gasteiger charge is 2.22. The molecule has 11 heteroatoms. The fraction of sp³-hybridized carbons (Fsp3) is 0.750. The Morgan fingerprint density at radius 1 is 1.48 bits per heavy atom. The first kappa shape index (κ1) is 24.0. The van der Waals surface area contributed by atoms with Crippen molar-refractivity contribution in [3.05, 3.63) is 11.6 Å². The molecule has 1 aromatic rings. The van der Waals surface area contributed by atoms with E-state index in [9.17, 15) is 4.79 Å². The minimum Gasteiger partial charge on any atom is -0.377 e. The number of aromatic nitrogens is 3. The maximum absolute atomic E-state index is 11.8. The zero-order valence-electron chi connectivity index (χ0n) is 16.4. The van der Waals surface area contributed by atoms with Crippen molar-refractivity contribution in [2.24, 2.45) is 4.99 Å². The van der Waals surface area contributed by atoms with Crippen molar-refractivity contribution >= 4 is 47.6 Å². The lowest BCUT2D eigenvalue weighted by atomic mass is 10.1. The molecule has 1 amide bonds. The van der Waals surface area contributed by atoms with Crippen molar-refractivity contribution in [3.8, 4) is 0 Å². The van der Waals surface area contributed by atoms with Gasteiger partial charge in [-0.15, -0.1) is 24.0 Å². The van der Waals surface area contributed by atoms with Crippen LogP contribution in [0, 0.1) is 0 Å². The number of hydrogen-bond donors (Lipinski definition) is 2. The van der Waals surface area contributed by atoms with E-state index in [2.05, 4.69) is 32.0 Å². The van der Waals surface area contributed by atoms with Crippen molar-refractivity contribution < 1.29 is 9.53 Å². The number of fused-ring (bicyclic) bond motifs is 1. The second-order valence-corrected chi connectivity index (χ2v) is 7.30. The van der Waals surface area contributed by atoms with E-state index >= 15 is 0 Å². The molecular weight excluding hydrogens is 481 g/mol. The summed E-state index contributed by atoms with van der Waals surface area (Å²) >= 11 is 1.76. The van der Waals surface area contributed by atoms with E-state index in [0.717, 1.165) is 37.5 Å². The largest absolute Gasteiger partial charge is 0.377 e. The third-order valence-electron chi connectivity index (χ3n) is 3.99. The minimum absolute atomic E-state index is 0. The SMILES string of the molecule is COCc1nc2n(n1)CC(NC(=NCC(=O)N(C)C)NCCSC)CC2.I. The monoisotopic (exact) mass is 511 g/mol. The van der Waals surface area contributed by atoms with Crippen LogP contribution >= 0.6 is 35.7 Å². The predicted molar refractivity (Wildman–Crippen MR) is 119 cm³/mol. The molecule has 27 heavy (non-hydrogen) atoms. The summed E-state index contributed by atoms with van der Waals surface area (Å²) in [5.74, 6) is 3.32. The summed E-state index contributed by atoms with van der Waals surface area (Å²) < 4.78 is 7.04. The lowest BCUT2D eigenvalue weighted by molar-refractivity contribution is -0.127. The normalized spacial score (nSPS) is 16.3. The van der Waals surface area contributed by atoms with Gasteiger partial charge >= 0.3 is 0 Å². The Morgan fingerprint density at radius 2 is 2.26 bits per heavy atom. The molecule has 9 nitrogen and oxygen atoms in total. The molecule has 0 saturated heterocycles. The van der Waals surface area contributed by atoms with Crippen LogP contribution in [0.4, 0.5) is 0 Å². The molecule has 2 rings (SSSR count). The van der Waals surface area contributed by atoms with Crippen LogP contribution in [-0.4, -0.2) is 83.9 Å². The molecule has 0 fully saturated rings. The maximum Gasteiger partial charge on any atom is 0.243 e. The average Bonchev–Trinajstić information content (AvgIpc) is 3.01. The van der Waals surface area contributed by atoms with Gasteiger partial charge in [0.25, 0.3) is 0 Å². The highest BCUT2D eigenvalue weighted by Crippen LogP contribution is 2.13. The molecule has 1 aromatic heterocycles. The number of halogens is 1. The molecule has 0 bridgehead atoms. The molecule has 0 spiro atoms. The van der Waals surface area contributed by atoms with Crippen LogP contribution in [0.3, 0.4) is 0 Å². The van der Waals surface area contributed by atoms with Crippen molar-refractivity contribution in [3.63, 3.8) is 0 Å². The van der Waals surface area contributed by atoms with Crippen molar-refractivity contribution in [1.82, 2.24) is 30.3 Å². The third kappa shape index (κ3) is 7.82. The number of rotatable bonds is 8. The van der Waals surface area contributed by atoms with E-state index in [4.69, 9.17) is 4.74 Å². The lowest BCUT2D eigenvalue weighted by Crippen LogP contribution is -2.48. The van der Waals surface area contributed by atoms with Crippen LogP contribution in [0.15, 0.2) is 4.99 Å². The van der Waals surface area contributed by atoms with Gasteiger partial charge in [0.1, 0.15) is 19.0 Å². The van der Waals surface area contributed by atoms with Gasteiger partial charge in [-0.05, 0) is 12.7 Å². The third-order valence-corrected chi connectivity index (χ3v) is 4.60. The highest BCUT2D eigenvalue weighted by molar-refractivity contribution is 14.0. The number of carbonyl (C=O) groups excluding carboxylic acids is 1. The first-order valence-corrected chi connectivity index (χ1v) is 10.1. The number of thioether (sulfide) groups is 1. The molecule has 0 aliphatic carbocycles. The van der Waals surface area contributed by atoms with E-state index < -0.39 is 0 Å². The van der Waals surface area contributed by atoms with E-state index in [0.29, 0.717) is 18.4 Å². The summed E-state index contributed by atoms with van der Waals surface area (Å²) in [5.41, 5.74) is 0. The molecule has 2 N–H and O–H groups in total. The first-order chi connectivity index (χ1) is 12.5. The van der Waals surface area contributed by atoms with Crippen LogP contribution in [0.2, 0.25) is 0 Å². The quantitative estimate of drug-likeness (QED) is 0.225. The molecule has 0 saturated carbocycles. The fourth-order valence-electron chi connectivity index (χ4n) is 2.57. The highest BCUT2D eigenvalue weighted by atomic mass is 127. The zero-order valence-corrected chi connectivity index (χ0v) is 19.5. The Morgan fingerprint density at radius 3 is 2.93 bits per heavy atom. The van der Waals surface area contributed by atoms with Gasteiger partial charge in [-0.3, -0.25) is 4.79 Å². The first-order valence-electron chi connectivity index (χ1n) is 8.69. The van der Waals surface area contributed by atoms with E-state index in [1.165, 1.54) is 0 Å². The number of ether oxygens (including phenoxy) is 1. The number of aliphatic imine (C=N–C) groups is 1. The van der Waals surface area contributed by atoms with E-state index in [1.807, 2.05) is 4.68 Å². The summed E-state index contributed by atoms with van der Waals surface area (Å²) in [6, 6.07) is 0.189. The lowest BCUT2D eigenvalue weighted by Gasteiger charge is -2.25. The number of nitrogens with one attached hydrogen (secondary N) is 2. The number of amides is 1. The number of aryl methyl sites for hydroxylation is 1. The van der Waals surface area contributed by atoms with Gasteiger partial charge in [-0.25, -0.2) is 14.7 Å². The van der Waals surface area contributed by atoms with Crippen LogP contribution in [-0.2, 0) is 29.1 Å². The molecule has 2 heterocycles. The van der Waals surface area contributed by atoms with Gasteiger partial charge in [0.05, 0.1) is 6.54 Å². The molecule has 1 aliphatic rings. The molecule has 1 aliphatic heterocycles. The summed E-state index contributed by atoms with van der Waals surface area (Å²) in [4.78, 5) is 22.3. The van der Waals surface area contributed by atoms with Crippen LogP contribution in [0.1, 0.15) is 18.1 Å².